The standard InChI is InChI=1S/C24H30ClN9O4S/c1-28-20(36)15(4-2-3-7-29-24(26)27)31-21(37)17-12-39-22(32-17)18-8-14(35)10-34(18)23(38)16-11-33-9-13(25)5-6-19(33)30-16/h5-6,9,11-12,14-15,18,35H,2-4,7-8,10H2,1H3,(H,28,36)(H,31,37)(H4,26,27,29)/t14-,15+,18-/m1/s1. The number of aromatic nitrogens is 3. The van der Waals surface area contributed by atoms with E-state index in [9.17, 15) is 19.5 Å². The Bertz CT molecular complexity index is 1380. The average Bonchev–Trinajstić information content (AvgIpc) is 3.64. The molecule has 1 aliphatic rings. The lowest BCUT2D eigenvalue weighted by atomic mass is 10.1. The summed E-state index contributed by atoms with van der Waals surface area (Å²) in [5.41, 5.74) is 6.16. The number of hydrogen-bond acceptors (Lipinski definition) is 8. The fourth-order valence-electron chi connectivity index (χ4n) is 4.40. The molecule has 1 saturated heterocycles. The lowest BCUT2D eigenvalue weighted by Gasteiger charge is -2.21. The normalized spacial score (nSPS) is 17.7. The maximum absolute atomic E-state index is 13.3. The third-order valence-corrected chi connectivity index (χ3v) is 7.49. The number of carbonyl (C=O) groups is 3. The van der Waals surface area contributed by atoms with Gasteiger partial charge in [-0.3, -0.25) is 19.8 Å². The third-order valence-electron chi connectivity index (χ3n) is 6.32. The van der Waals surface area contributed by atoms with Crippen LogP contribution in [0.1, 0.15) is 57.7 Å². The Morgan fingerprint density at radius 1 is 1.26 bits per heavy atom. The first kappa shape index (κ1) is 28.3. The van der Waals surface area contributed by atoms with Crippen LogP contribution < -0.4 is 21.7 Å². The van der Waals surface area contributed by atoms with E-state index >= 15 is 0 Å². The highest BCUT2D eigenvalue weighted by Gasteiger charge is 2.38. The van der Waals surface area contributed by atoms with Gasteiger partial charge in [-0.2, -0.15) is 0 Å². The van der Waals surface area contributed by atoms with Gasteiger partial charge in [-0.15, -0.1) is 11.3 Å². The smallest absolute Gasteiger partial charge is 0.274 e. The molecule has 1 fully saturated rings. The SMILES string of the molecule is CNC(=O)[C@H](CCCCNC(=N)N)NC(=O)c1csc([C@H]2C[C@@H](O)CN2C(=O)c2cn3cc(Cl)ccc3n2)n1. The van der Waals surface area contributed by atoms with Crippen molar-refractivity contribution in [2.24, 2.45) is 5.73 Å². The summed E-state index contributed by atoms with van der Waals surface area (Å²) >= 11 is 7.25. The second-order valence-electron chi connectivity index (χ2n) is 9.15. The second-order valence-corrected chi connectivity index (χ2v) is 10.5. The number of halogens is 1. The molecule has 4 rings (SSSR count). The lowest BCUT2D eigenvalue weighted by Crippen LogP contribution is -2.45. The quantitative estimate of drug-likeness (QED) is 0.117. The number of pyridine rings is 1. The third kappa shape index (κ3) is 6.82. The number of nitrogens with two attached hydrogens (primary N) is 1. The van der Waals surface area contributed by atoms with E-state index in [1.54, 1.807) is 34.3 Å². The number of nitrogens with one attached hydrogen (secondary N) is 4. The molecule has 13 nitrogen and oxygen atoms in total. The highest BCUT2D eigenvalue weighted by Crippen LogP contribution is 2.35. The van der Waals surface area contributed by atoms with Gasteiger partial charge in [-0.05, 0) is 31.4 Å². The Labute approximate surface area is 233 Å². The van der Waals surface area contributed by atoms with Crippen LogP contribution in [-0.4, -0.2) is 80.3 Å². The fraction of sp³-hybridized carbons (Fsp3) is 0.417. The summed E-state index contributed by atoms with van der Waals surface area (Å²) in [7, 11) is 1.49. The van der Waals surface area contributed by atoms with Crippen molar-refractivity contribution in [1.82, 2.24) is 35.2 Å². The van der Waals surface area contributed by atoms with Gasteiger partial charge in [-0.1, -0.05) is 11.6 Å². The maximum Gasteiger partial charge on any atom is 0.274 e. The average molecular weight is 576 g/mol. The Balaban J connectivity index is 1.43. The van der Waals surface area contributed by atoms with Crippen molar-refractivity contribution >= 4 is 52.3 Å². The van der Waals surface area contributed by atoms with Crippen LogP contribution >= 0.6 is 22.9 Å². The molecule has 0 saturated carbocycles. The summed E-state index contributed by atoms with van der Waals surface area (Å²) < 4.78 is 1.66. The second kappa shape index (κ2) is 12.4. The molecule has 0 unspecified atom stereocenters. The van der Waals surface area contributed by atoms with E-state index in [4.69, 9.17) is 22.7 Å². The van der Waals surface area contributed by atoms with Gasteiger partial charge in [0, 0.05) is 44.3 Å². The van der Waals surface area contributed by atoms with Gasteiger partial charge < -0.3 is 36.1 Å². The Hall–Kier alpha value is -3.75. The number of fused-ring (bicyclic) bond motifs is 1. The van der Waals surface area contributed by atoms with E-state index < -0.39 is 24.1 Å². The molecule has 3 aromatic heterocycles. The van der Waals surface area contributed by atoms with Gasteiger partial charge >= 0.3 is 0 Å². The molecule has 1 aliphatic heterocycles. The van der Waals surface area contributed by atoms with Crippen molar-refractivity contribution in [3.8, 4) is 0 Å². The molecule has 4 heterocycles. The zero-order chi connectivity index (χ0) is 28.1. The molecule has 0 aromatic carbocycles. The first-order chi connectivity index (χ1) is 18.7. The number of imidazole rings is 1. The molecule has 3 atom stereocenters. The highest BCUT2D eigenvalue weighted by molar-refractivity contribution is 7.09. The van der Waals surface area contributed by atoms with Crippen molar-refractivity contribution < 1.29 is 19.5 Å². The van der Waals surface area contributed by atoms with Crippen molar-refractivity contribution in [1.29, 1.82) is 5.41 Å². The largest absolute Gasteiger partial charge is 0.391 e. The van der Waals surface area contributed by atoms with Gasteiger partial charge in [0.05, 0.1) is 17.2 Å². The number of guanidine groups is 1. The predicted molar refractivity (Wildman–Crippen MR) is 146 cm³/mol. The molecule has 208 valence electrons. The summed E-state index contributed by atoms with van der Waals surface area (Å²) in [6.07, 6.45) is 4.43. The number of carbonyl (C=O) groups excluding carboxylic acids is 3. The summed E-state index contributed by atoms with van der Waals surface area (Å²) in [5, 5.41) is 28.1. The summed E-state index contributed by atoms with van der Waals surface area (Å²) in [6.45, 7) is 0.598. The van der Waals surface area contributed by atoms with Gasteiger partial charge in [0.2, 0.25) is 5.91 Å². The van der Waals surface area contributed by atoms with E-state index in [1.807, 2.05) is 0 Å². The van der Waals surface area contributed by atoms with E-state index in [0.717, 1.165) is 0 Å². The molecule has 0 spiro atoms. The number of β-amino-alcohol motifs (C(OH)–C–C–N with tert-alkyl or cyclic N) is 1. The van der Waals surface area contributed by atoms with E-state index in [2.05, 4.69) is 25.9 Å². The number of amides is 3. The number of likely N-dealkylation sites (N-methyl/N-ethyl adjacent to an activating group) is 1. The van der Waals surface area contributed by atoms with Crippen molar-refractivity contribution in [3.63, 3.8) is 0 Å². The molecule has 3 aromatic rings. The number of nitrogens with zero attached hydrogens (tertiary/aromatic N) is 4. The number of aliphatic hydroxyl groups excluding tert-OH is 1. The molecular weight excluding hydrogens is 546 g/mol. The van der Waals surface area contributed by atoms with Crippen LogP contribution in [0.2, 0.25) is 5.02 Å². The van der Waals surface area contributed by atoms with Gasteiger partial charge in [0.1, 0.15) is 28.1 Å². The monoisotopic (exact) mass is 575 g/mol. The number of thiazole rings is 1. The van der Waals surface area contributed by atoms with Gasteiger partial charge in [-0.25, -0.2) is 9.97 Å². The van der Waals surface area contributed by atoms with Crippen LogP contribution in [0.4, 0.5) is 0 Å². The van der Waals surface area contributed by atoms with Crippen LogP contribution in [0, 0.1) is 5.41 Å². The Kier molecular flexibility index (Phi) is 8.99. The summed E-state index contributed by atoms with van der Waals surface area (Å²) in [6, 6.07) is 2.09. The van der Waals surface area contributed by atoms with Gasteiger partial charge in [0.15, 0.2) is 5.96 Å². The zero-order valence-electron chi connectivity index (χ0n) is 21.2. The summed E-state index contributed by atoms with van der Waals surface area (Å²) in [5.74, 6) is -1.33. The van der Waals surface area contributed by atoms with E-state index in [0.29, 0.717) is 41.5 Å². The van der Waals surface area contributed by atoms with Crippen LogP contribution in [-0.2, 0) is 4.79 Å². The predicted octanol–water partition coefficient (Wildman–Crippen LogP) is 0.890. The molecule has 0 bridgehead atoms. The topological polar surface area (TPSA) is 191 Å². The van der Waals surface area contributed by atoms with Crippen LogP contribution in [0.3, 0.4) is 0 Å². The van der Waals surface area contributed by atoms with Gasteiger partial charge in [0.25, 0.3) is 11.8 Å². The minimum atomic E-state index is -0.764. The molecule has 0 aliphatic carbocycles. The lowest BCUT2D eigenvalue weighted by molar-refractivity contribution is -0.122. The number of unbranched alkanes of at least 4 members (excludes halogenated alkanes) is 1. The molecule has 0 radical (unpaired) electrons. The molecule has 39 heavy (non-hydrogen) atoms. The number of likely N-dealkylation sites (tertiary alicyclic amines) is 1. The minimum Gasteiger partial charge on any atom is -0.391 e. The van der Waals surface area contributed by atoms with E-state index in [1.165, 1.54) is 23.3 Å². The molecule has 3 amide bonds. The number of aliphatic hydroxyl groups is 1. The molecule has 7 N–H and O–H groups in total. The molecule has 15 heteroatoms. The number of rotatable bonds is 10. The van der Waals surface area contributed by atoms with Crippen LogP contribution in [0.25, 0.3) is 5.65 Å². The van der Waals surface area contributed by atoms with Crippen molar-refractivity contribution in [2.45, 2.75) is 43.9 Å². The number of hydrogen-bond donors (Lipinski definition) is 6. The first-order valence-corrected chi connectivity index (χ1v) is 13.6. The van der Waals surface area contributed by atoms with Crippen LogP contribution in [0.5, 0.6) is 0 Å². The van der Waals surface area contributed by atoms with Crippen molar-refractivity contribution in [3.05, 3.63) is 51.3 Å². The zero-order valence-corrected chi connectivity index (χ0v) is 22.8. The Morgan fingerprint density at radius 2 is 2.05 bits per heavy atom. The highest BCUT2D eigenvalue weighted by atomic mass is 35.5. The molecular formula is C24H30ClN9O4S. The van der Waals surface area contributed by atoms with Crippen LogP contribution in [0.15, 0.2) is 29.9 Å². The Morgan fingerprint density at radius 3 is 2.79 bits per heavy atom. The minimum absolute atomic E-state index is 0.108. The van der Waals surface area contributed by atoms with E-state index in [-0.39, 0.29) is 42.1 Å². The van der Waals surface area contributed by atoms with Crippen molar-refractivity contribution in [2.75, 3.05) is 20.1 Å². The summed E-state index contributed by atoms with van der Waals surface area (Å²) in [4.78, 5) is 49.0. The fourth-order valence-corrected chi connectivity index (χ4v) is 5.50. The first-order valence-electron chi connectivity index (χ1n) is 12.3. The maximum atomic E-state index is 13.3.